The Morgan fingerprint density at radius 1 is 1.22 bits per heavy atom. The van der Waals surface area contributed by atoms with Crippen molar-refractivity contribution in [1.82, 2.24) is 10.9 Å². The molecule has 0 aromatic heterocycles. The summed E-state index contributed by atoms with van der Waals surface area (Å²) >= 11 is 1.40. The quantitative estimate of drug-likeness (QED) is 0.601. The average Bonchev–Trinajstić information content (AvgIpc) is 2.87. The van der Waals surface area contributed by atoms with Crippen molar-refractivity contribution in [2.24, 2.45) is 5.92 Å². The average molecular weight is 360 g/mol. The van der Waals surface area contributed by atoms with Crippen molar-refractivity contribution in [2.75, 3.05) is 17.3 Å². The summed E-state index contributed by atoms with van der Waals surface area (Å²) in [5.74, 6) is -1.45. The van der Waals surface area contributed by atoms with Gasteiger partial charge >= 0.3 is 0 Å². The van der Waals surface area contributed by atoms with Gasteiger partial charge in [-0.2, -0.15) is 0 Å². The van der Waals surface area contributed by atoms with Crippen molar-refractivity contribution >= 4 is 33.4 Å². The maximum absolute atomic E-state index is 12.7. The zero-order valence-corrected chi connectivity index (χ0v) is 13.9. The van der Waals surface area contributed by atoms with Gasteiger partial charge in [-0.15, -0.1) is 11.8 Å². The molecule has 1 saturated heterocycles. The smallest absolute Gasteiger partial charge is 0.242 e. The predicted octanol–water partition coefficient (Wildman–Crippen LogP) is 0.890. The highest BCUT2D eigenvalue weighted by molar-refractivity contribution is 7.99. The Bertz CT molecular complexity index is 677. The molecule has 2 rings (SSSR count). The molecule has 0 unspecified atom stereocenters. The van der Waals surface area contributed by atoms with Crippen LogP contribution in [-0.2, 0) is 19.4 Å². The predicted molar refractivity (Wildman–Crippen MR) is 84.8 cm³/mol. The number of amides is 2. The number of halogens is 1. The number of carbonyl (C=O) groups is 2. The summed E-state index contributed by atoms with van der Waals surface area (Å²) in [5, 5.41) is 0. The molecule has 0 saturated carbocycles. The molecule has 2 amide bonds. The molecule has 0 spiro atoms. The Hall–Kier alpha value is -1.61. The van der Waals surface area contributed by atoms with Gasteiger partial charge < -0.3 is 0 Å². The Kier molecular flexibility index (Phi) is 6.00. The molecule has 0 bridgehead atoms. The van der Waals surface area contributed by atoms with E-state index in [-0.39, 0.29) is 36.1 Å². The maximum Gasteiger partial charge on any atom is 0.242 e. The number of hydrazine groups is 1. The molecule has 1 aromatic carbocycles. The van der Waals surface area contributed by atoms with Crippen molar-refractivity contribution < 1.29 is 22.4 Å². The number of nitrogens with one attached hydrogen (secondary N) is 2. The fourth-order valence-corrected chi connectivity index (χ4v) is 4.68. The first kappa shape index (κ1) is 17.7. The van der Waals surface area contributed by atoms with Crippen LogP contribution < -0.4 is 10.9 Å². The summed E-state index contributed by atoms with van der Waals surface area (Å²) in [6.45, 7) is 0. The van der Waals surface area contributed by atoms with Gasteiger partial charge in [0, 0.05) is 17.1 Å². The molecule has 126 valence electrons. The number of hydrogen-bond donors (Lipinski definition) is 2. The number of sulfone groups is 1. The van der Waals surface area contributed by atoms with Crippen molar-refractivity contribution in [3.63, 3.8) is 0 Å². The molecule has 1 aliphatic heterocycles. The van der Waals surface area contributed by atoms with E-state index in [0.29, 0.717) is 5.75 Å². The van der Waals surface area contributed by atoms with E-state index in [9.17, 15) is 22.4 Å². The zero-order chi connectivity index (χ0) is 16.9. The Balaban J connectivity index is 1.65. The van der Waals surface area contributed by atoms with Gasteiger partial charge in [0.1, 0.15) is 5.82 Å². The molecule has 9 heteroatoms. The second kappa shape index (κ2) is 7.78. The van der Waals surface area contributed by atoms with Gasteiger partial charge in [0.2, 0.25) is 11.8 Å². The van der Waals surface area contributed by atoms with Crippen molar-refractivity contribution in [1.29, 1.82) is 0 Å². The van der Waals surface area contributed by atoms with E-state index in [1.807, 2.05) is 0 Å². The van der Waals surface area contributed by atoms with Crippen LogP contribution in [0.2, 0.25) is 0 Å². The highest BCUT2D eigenvalue weighted by Gasteiger charge is 2.33. The lowest BCUT2D eigenvalue weighted by Gasteiger charge is -2.10. The van der Waals surface area contributed by atoms with Gasteiger partial charge in [-0.3, -0.25) is 20.4 Å². The molecule has 23 heavy (non-hydrogen) atoms. The highest BCUT2D eigenvalue weighted by Crippen LogP contribution is 2.19. The first-order valence-electron chi connectivity index (χ1n) is 7.03. The normalized spacial score (nSPS) is 19.3. The zero-order valence-electron chi connectivity index (χ0n) is 12.2. The van der Waals surface area contributed by atoms with E-state index in [1.54, 1.807) is 12.1 Å². The summed E-state index contributed by atoms with van der Waals surface area (Å²) in [5.41, 5.74) is 4.53. The molecular formula is C14H17FN2O4S2. The minimum atomic E-state index is -3.13. The van der Waals surface area contributed by atoms with Gasteiger partial charge in [0.15, 0.2) is 9.84 Å². The lowest BCUT2D eigenvalue weighted by Crippen LogP contribution is -2.44. The minimum absolute atomic E-state index is 0.00728. The molecule has 1 aromatic rings. The van der Waals surface area contributed by atoms with E-state index in [4.69, 9.17) is 0 Å². The van der Waals surface area contributed by atoms with Crippen LogP contribution in [0.1, 0.15) is 12.8 Å². The second-order valence-electron chi connectivity index (χ2n) is 5.19. The number of carbonyl (C=O) groups excluding carboxylic acids is 2. The summed E-state index contributed by atoms with van der Waals surface area (Å²) in [7, 11) is -3.13. The summed E-state index contributed by atoms with van der Waals surface area (Å²) in [6, 6.07) is 5.94. The third-order valence-electron chi connectivity index (χ3n) is 3.34. The standard InChI is InChI=1S/C14H17FN2O4S2/c15-11-1-3-12(4-2-11)22-7-5-13(18)16-17-14(19)10-6-8-23(20,21)9-10/h1-4,10H,5-9H2,(H,16,18)(H,17,19)/t10-/m0/s1. The fraction of sp³-hybridized carbons (Fsp3) is 0.429. The monoisotopic (exact) mass is 360 g/mol. The van der Waals surface area contributed by atoms with E-state index >= 15 is 0 Å². The Morgan fingerprint density at radius 2 is 1.91 bits per heavy atom. The van der Waals surface area contributed by atoms with Crippen LogP contribution in [0.15, 0.2) is 29.2 Å². The molecule has 6 nitrogen and oxygen atoms in total. The third kappa shape index (κ3) is 5.83. The van der Waals surface area contributed by atoms with Gasteiger partial charge in [0.05, 0.1) is 17.4 Å². The number of benzene rings is 1. The van der Waals surface area contributed by atoms with Gasteiger partial charge in [-0.25, -0.2) is 12.8 Å². The molecule has 0 radical (unpaired) electrons. The lowest BCUT2D eigenvalue weighted by atomic mass is 10.1. The van der Waals surface area contributed by atoms with Crippen LogP contribution in [0.3, 0.4) is 0 Å². The maximum atomic E-state index is 12.7. The van der Waals surface area contributed by atoms with Gasteiger partial charge in [-0.1, -0.05) is 0 Å². The summed E-state index contributed by atoms with van der Waals surface area (Å²) < 4.78 is 35.3. The molecule has 1 fully saturated rings. The Morgan fingerprint density at radius 3 is 2.52 bits per heavy atom. The first-order valence-corrected chi connectivity index (χ1v) is 9.84. The summed E-state index contributed by atoms with van der Waals surface area (Å²) in [6.07, 6.45) is 0.454. The minimum Gasteiger partial charge on any atom is -0.273 e. The van der Waals surface area contributed by atoms with Crippen LogP contribution in [-0.4, -0.2) is 37.5 Å². The highest BCUT2D eigenvalue weighted by atomic mass is 32.2. The largest absolute Gasteiger partial charge is 0.273 e. The van der Waals surface area contributed by atoms with Crippen LogP contribution in [0, 0.1) is 11.7 Å². The topological polar surface area (TPSA) is 92.3 Å². The lowest BCUT2D eigenvalue weighted by molar-refractivity contribution is -0.130. The van der Waals surface area contributed by atoms with Gasteiger partial charge in [0.25, 0.3) is 0 Å². The van der Waals surface area contributed by atoms with Crippen LogP contribution in [0.25, 0.3) is 0 Å². The second-order valence-corrected chi connectivity index (χ2v) is 8.59. The van der Waals surface area contributed by atoms with Crippen LogP contribution in [0.4, 0.5) is 4.39 Å². The molecular weight excluding hydrogens is 343 g/mol. The molecule has 1 heterocycles. The number of rotatable bonds is 5. The molecule has 0 aliphatic carbocycles. The first-order chi connectivity index (χ1) is 10.9. The van der Waals surface area contributed by atoms with Crippen LogP contribution >= 0.6 is 11.8 Å². The van der Waals surface area contributed by atoms with E-state index in [2.05, 4.69) is 10.9 Å². The van der Waals surface area contributed by atoms with Crippen molar-refractivity contribution in [3.8, 4) is 0 Å². The third-order valence-corrected chi connectivity index (χ3v) is 6.12. The summed E-state index contributed by atoms with van der Waals surface area (Å²) in [4.78, 5) is 24.2. The van der Waals surface area contributed by atoms with Gasteiger partial charge in [-0.05, 0) is 30.7 Å². The number of thioether (sulfide) groups is 1. The van der Waals surface area contributed by atoms with E-state index < -0.39 is 21.7 Å². The fourth-order valence-electron chi connectivity index (χ4n) is 2.09. The van der Waals surface area contributed by atoms with Crippen molar-refractivity contribution in [2.45, 2.75) is 17.7 Å². The molecule has 1 aliphatic rings. The van der Waals surface area contributed by atoms with Crippen molar-refractivity contribution in [3.05, 3.63) is 30.1 Å². The van der Waals surface area contributed by atoms with E-state index in [0.717, 1.165) is 4.90 Å². The molecule has 1 atom stereocenters. The van der Waals surface area contributed by atoms with Crippen LogP contribution in [0.5, 0.6) is 0 Å². The SMILES string of the molecule is O=C(CCSc1ccc(F)cc1)NNC(=O)[C@H]1CCS(=O)(=O)C1. The Labute approximate surface area is 138 Å². The molecule has 2 N–H and O–H groups in total. The van der Waals surface area contributed by atoms with E-state index in [1.165, 1.54) is 23.9 Å². The number of hydrogen-bond acceptors (Lipinski definition) is 5.